The van der Waals surface area contributed by atoms with Gasteiger partial charge in [0.1, 0.15) is 0 Å². The summed E-state index contributed by atoms with van der Waals surface area (Å²) in [6.45, 7) is 5.27. The van der Waals surface area contributed by atoms with Gasteiger partial charge in [0.2, 0.25) is 0 Å². The minimum absolute atomic E-state index is 0.0802. The summed E-state index contributed by atoms with van der Waals surface area (Å²) in [5, 5.41) is 0. The summed E-state index contributed by atoms with van der Waals surface area (Å²) in [5.41, 5.74) is 0. The van der Waals surface area contributed by atoms with E-state index in [4.69, 9.17) is 0 Å². The van der Waals surface area contributed by atoms with Crippen LogP contribution in [0.1, 0.15) is 26.7 Å². The Bertz CT molecular complexity index is 208. The molecule has 0 aromatic carbocycles. The standard InChI is InChI=1S/C11H21F3N2/c1-9(2)16-6-4-10(5-7-16)15(3)8-11(12,13)14/h9-10H,4-8H2,1-3H3. The van der Waals surface area contributed by atoms with Crippen molar-refractivity contribution in [1.29, 1.82) is 0 Å². The van der Waals surface area contributed by atoms with E-state index in [1.807, 2.05) is 0 Å². The van der Waals surface area contributed by atoms with E-state index in [0.717, 1.165) is 25.9 Å². The number of hydrogen-bond donors (Lipinski definition) is 0. The second-order valence-electron chi connectivity index (χ2n) is 4.89. The molecule has 0 saturated carbocycles. The fraction of sp³-hybridized carbons (Fsp3) is 1.00. The topological polar surface area (TPSA) is 6.48 Å². The van der Waals surface area contributed by atoms with Crippen LogP contribution >= 0.6 is 0 Å². The summed E-state index contributed by atoms with van der Waals surface area (Å²) in [7, 11) is 1.57. The quantitative estimate of drug-likeness (QED) is 0.744. The average molecular weight is 238 g/mol. The molecule has 0 aromatic rings. The van der Waals surface area contributed by atoms with Crippen molar-refractivity contribution in [2.24, 2.45) is 0 Å². The number of rotatable bonds is 3. The van der Waals surface area contributed by atoms with Gasteiger partial charge in [-0.05, 0) is 46.8 Å². The Balaban J connectivity index is 2.36. The van der Waals surface area contributed by atoms with E-state index in [0.29, 0.717) is 6.04 Å². The molecule has 1 heterocycles. The molecule has 16 heavy (non-hydrogen) atoms. The lowest BCUT2D eigenvalue weighted by Crippen LogP contribution is -2.47. The summed E-state index contributed by atoms with van der Waals surface area (Å²) in [6.07, 6.45) is -2.40. The smallest absolute Gasteiger partial charge is 0.301 e. The van der Waals surface area contributed by atoms with E-state index in [1.165, 1.54) is 4.90 Å². The van der Waals surface area contributed by atoms with Gasteiger partial charge in [0.15, 0.2) is 0 Å². The number of piperidine rings is 1. The van der Waals surface area contributed by atoms with Crippen LogP contribution in [0.4, 0.5) is 13.2 Å². The molecular formula is C11H21F3N2. The fourth-order valence-electron chi connectivity index (χ4n) is 2.25. The zero-order chi connectivity index (χ0) is 12.3. The zero-order valence-corrected chi connectivity index (χ0v) is 10.2. The summed E-state index contributed by atoms with van der Waals surface area (Å²) >= 11 is 0. The minimum atomic E-state index is -4.08. The Morgan fingerprint density at radius 1 is 1.25 bits per heavy atom. The second-order valence-corrected chi connectivity index (χ2v) is 4.89. The SMILES string of the molecule is CC(C)N1CCC(N(C)CC(F)(F)F)CC1. The van der Waals surface area contributed by atoms with Gasteiger partial charge in [0.05, 0.1) is 6.54 Å². The van der Waals surface area contributed by atoms with E-state index in [1.54, 1.807) is 7.05 Å². The number of alkyl halides is 3. The molecule has 0 N–H and O–H groups in total. The molecule has 0 radical (unpaired) electrons. The molecule has 1 rings (SSSR count). The predicted octanol–water partition coefficient (Wildman–Crippen LogP) is 2.35. The third-order valence-corrected chi connectivity index (χ3v) is 3.28. The molecule has 0 atom stereocenters. The third kappa shape index (κ3) is 4.29. The first-order valence-corrected chi connectivity index (χ1v) is 5.80. The van der Waals surface area contributed by atoms with Crippen molar-refractivity contribution >= 4 is 0 Å². The van der Waals surface area contributed by atoms with Gasteiger partial charge < -0.3 is 4.90 Å². The van der Waals surface area contributed by atoms with E-state index < -0.39 is 12.7 Å². The van der Waals surface area contributed by atoms with Crippen LogP contribution in [0.25, 0.3) is 0 Å². The molecule has 1 fully saturated rings. The van der Waals surface area contributed by atoms with E-state index in [2.05, 4.69) is 18.7 Å². The van der Waals surface area contributed by atoms with Gasteiger partial charge in [-0.3, -0.25) is 4.90 Å². The molecule has 1 aliphatic heterocycles. The van der Waals surface area contributed by atoms with Crippen molar-refractivity contribution in [3.8, 4) is 0 Å². The second kappa shape index (κ2) is 5.36. The monoisotopic (exact) mass is 238 g/mol. The van der Waals surface area contributed by atoms with Crippen molar-refractivity contribution in [3.63, 3.8) is 0 Å². The fourth-order valence-corrected chi connectivity index (χ4v) is 2.25. The Labute approximate surface area is 95.4 Å². The lowest BCUT2D eigenvalue weighted by Gasteiger charge is -2.38. The van der Waals surface area contributed by atoms with Gasteiger partial charge in [0.25, 0.3) is 0 Å². The Morgan fingerprint density at radius 2 is 1.75 bits per heavy atom. The Kier molecular flexibility index (Phi) is 4.62. The lowest BCUT2D eigenvalue weighted by molar-refractivity contribution is -0.149. The predicted molar refractivity (Wildman–Crippen MR) is 58.4 cm³/mol. The molecule has 0 aromatic heterocycles. The highest BCUT2D eigenvalue weighted by atomic mass is 19.4. The largest absolute Gasteiger partial charge is 0.401 e. The molecule has 0 unspecified atom stereocenters. The van der Waals surface area contributed by atoms with Crippen LogP contribution < -0.4 is 0 Å². The maximum atomic E-state index is 12.2. The third-order valence-electron chi connectivity index (χ3n) is 3.28. The van der Waals surface area contributed by atoms with Gasteiger partial charge in [0, 0.05) is 12.1 Å². The van der Waals surface area contributed by atoms with Gasteiger partial charge >= 0.3 is 6.18 Å². The van der Waals surface area contributed by atoms with Crippen molar-refractivity contribution in [2.45, 2.75) is 44.9 Å². The molecule has 0 bridgehead atoms. The summed E-state index contributed by atoms with van der Waals surface area (Å²) in [4.78, 5) is 3.76. The zero-order valence-electron chi connectivity index (χ0n) is 10.2. The van der Waals surface area contributed by atoms with Crippen molar-refractivity contribution in [2.75, 3.05) is 26.7 Å². The summed E-state index contributed by atoms with van der Waals surface area (Å²) in [6, 6.07) is 0.575. The number of halogens is 3. The molecule has 96 valence electrons. The average Bonchev–Trinajstić information content (AvgIpc) is 2.15. The maximum Gasteiger partial charge on any atom is 0.401 e. The van der Waals surface area contributed by atoms with Gasteiger partial charge in [-0.15, -0.1) is 0 Å². The maximum absolute atomic E-state index is 12.2. The van der Waals surface area contributed by atoms with Gasteiger partial charge in [-0.2, -0.15) is 13.2 Å². The summed E-state index contributed by atoms with van der Waals surface area (Å²) in [5.74, 6) is 0. The van der Waals surface area contributed by atoms with Crippen LogP contribution in [-0.2, 0) is 0 Å². The van der Waals surface area contributed by atoms with E-state index in [-0.39, 0.29) is 6.04 Å². The van der Waals surface area contributed by atoms with Crippen molar-refractivity contribution < 1.29 is 13.2 Å². The highest BCUT2D eigenvalue weighted by Gasteiger charge is 2.33. The van der Waals surface area contributed by atoms with Crippen LogP contribution in [-0.4, -0.2) is 54.7 Å². The number of hydrogen-bond acceptors (Lipinski definition) is 2. The number of likely N-dealkylation sites (tertiary alicyclic amines) is 1. The van der Waals surface area contributed by atoms with E-state index >= 15 is 0 Å². The van der Waals surface area contributed by atoms with E-state index in [9.17, 15) is 13.2 Å². The van der Waals surface area contributed by atoms with Gasteiger partial charge in [-0.25, -0.2) is 0 Å². The molecule has 0 amide bonds. The molecule has 1 saturated heterocycles. The Morgan fingerprint density at radius 3 is 2.12 bits per heavy atom. The summed E-state index contributed by atoms with van der Waals surface area (Å²) < 4.78 is 36.6. The van der Waals surface area contributed by atoms with Crippen LogP contribution in [0.15, 0.2) is 0 Å². The van der Waals surface area contributed by atoms with Crippen molar-refractivity contribution in [3.05, 3.63) is 0 Å². The molecule has 0 spiro atoms. The van der Waals surface area contributed by atoms with Crippen molar-refractivity contribution in [1.82, 2.24) is 9.80 Å². The van der Waals surface area contributed by atoms with Crippen LogP contribution in [0.3, 0.4) is 0 Å². The molecule has 0 aliphatic carbocycles. The van der Waals surface area contributed by atoms with Crippen LogP contribution in [0, 0.1) is 0 Å². The first-order valence-electron chi connectivity index (χ1n) is 5.80. The highest BCUT2D eigenvalue weighted by Crippen LogP contribution is 2.22. The first-order chi connectivity index (χ1) is 7.29. The lowest BCUT2D eigenvalue weighted by atomic mass is 10.0. The molecule has 2 nitrogen and oxygen atoms in total. The van der Waals surface area contributed by atoms with Crippen LogP contribution in [0.2, 0.25) is 0 Å². The molecular weight excluding hydrogens is 217 g/mol. The molecule has 5 heteroatoms. The molecule has 1 aliphatic rings. The normalized spacial score (nSPS) is 21.0. The Hall–Kier alpha value is -0.290. The van der Waals surface area contributed by atoms with Crippen LogP contribution in [0.5, 0.6) is 0 Å². The number of nitrogens with zero attached hydrogens (tertiary/aromatic N) is 2. The van der Waals surface area contributed by atoms with Gasteiger partial charge in [-0.1, -0.05) is 0 Å². The first kappa shape index (κ1) is 13.8. The highest BCUT2D eigenvalue weighted by molar-refractivity contribution is 4.80. The minimum Gasteiger partial charge on any atom is -0.301 e.